The number of aromatic nitrogens is 1. The second kappa shape index (κ2) is 11.9. The summed E-state index contributed by atoms with van der Waals surface area (Å²) in [7, 11) is 0. The van der Waals surface area contributed by atoms with E-state index < -0.39 is 0 Å². The van der Waals surface area contributed by atoms with Gasteiger partial charge in [0.05, 0.1) is 11.9 Å². The minimum atomic E-state index is 0.763. The lowest BCUT2D eigenvalue weighted by Gasteiger charge is -2.18. The third-order valence-electron chi connectivity index (χ3n) is 4.71. The molecule has 0 amide bonds. The van der Waals surface area contributed by atoms with Gasteiger partial charge in [0.25, 0.3) is 0 Å². The third-order valence-corrected chi connectivity index (χ3v) is 4.71. The molecule has 0 bridgehead atoms. The van der Waals surface area contributed by atoms with Gasteiger partial charge >= 0.3 is 0 Å². The van der Waals surface area contributed by atoms with E-state index in [1.54, 1.807) is 0 Å². The van der Waals surface area contributed by atoms with Gasteiger partial charge in [0.1, 0.15) is 12.5 Å². The van der Waals surface area contributed by atoms with Gasteiger partial charge in [-0.1, -0.05) is 71.1 Å². The van der Waals surface area contributed by atoms with Crippen LogP contribution in [0.5, 0.6) is 0 Å². The molecule has 1 aliphatic rings. The Morgan fingerprint density at radius 1 is 0.958 bits per heavy atom. The van der Waals surface area contributed by atoms with E-state index in [1.165, 1.54) is 70.6 Å². The highest BCUT2D eigenvalue weighted by Gasteiger charge is 2.17. The van der Waals surface area contributed by atoms with E-state index in [1.807, 2.05) is 18.5 Å². The minimum Gasteiger partial charge on any atom is -0.307 e. The van der Waals surface area contributed by atoms with Gasteiger partial charge in [-0.2, -0.15) is 5.10 Å². The molecule has 0 saturated carbocycles. The van der Waals surface area contributed by atoms with Crippen molar-refractivity contribution in [3.05, 3.63) is 24.5 Å². The van der Waals surface area contributed by atoms with Crippen LogP contribution in [0, 0.1) is 0 Å². The van der Waals surface area contributed by atoms with Gasteiger partial charge in [0, 0.05) is 12.6 Å². The maximum Gasteiger partial charge on any atom is 0.130 e. The summed E-state index contributed by atoms with van der Waals surface area (Å²) in [4.78, 5) is 6.43. The molecule has 134 valence electrons. The molecule has 1 N–H and O–H groups in total. The molecule has 0 unspecified atom stereocenters. The SMILES string of the molecule is CCCCCCCCCCCCCC1=NNCN1c1cccnc1. The molecular weight excluding hydrogens is 296 g/mol. The summed E-state index contributed by atoms with van der Waals surface area (Å²) in [6.07, 6.45) is 20.0. The molecule has 1 aliphatic heterocycles. The Kier molecular flexibility index (Phi) is 9.28. The first kappa shape index (κ1) is 18.8. The zero-order valence-corrected chi connectivity index (χ0v) is 15.3. The molecule has 0 aliphatic carbocycles. The number of nitrogens with zero attached hydrogens (tertiary/aromatic N) is 3. The van der Waals surface area contributed by atoms with E-state index in [4.69, 9.17) is 0 Å². The summed E-state index contributed by atoms with van der Waals surface area (Å²) < 4.78 is 0. The van der Waals surface area contributed by atoms with Crippen molar-refractivity contribution in [1.29, 1.82) is 0 Å². The lowest BCUT2D eigenvalue weighted by molar-refractivity contribution is 0.551. The Bertz CT molecular complexity index is 458. The molecule has 2 rings (SSSR count). The number of amidine groups is 1. The lowest BCUT2D eigenvalue weighted by Crippen LogP contribution is -2.29. The fourth-order valence-electron chi connectivity index (χ4n) is 3.24. The molecule has 24 heavy (non-hydrogen) atoms. The Labute approximate surface area is 147 Å². The van der Waals surface area contributed by atoms with Gasteiger partial charge in [-0.3, -0.25) is 10.4 Å². The molecule has 2 heterocycles. The van der Waals surface area contributed by atoms with Gasteiger partial charge in [0.15, 0.2) is 0 Å². The number of rotatable bonds is 13. The Balaban J connectivity index is 1.49. The van der Waals surface area contributed by atoms with Crippen molar-refractivity contribution in [3.63, 3.8) is 0 Å². The number of hydrazone groups is 1. The largest absolute Gasteiger partial charge is 0.307 e. The second-order valence-corrected chi connectivity index (χ2v) is 6.77. The van der Waals surface area contributed by atoms with Crippen LogP contribution >= 0.6 is 0 Å². The smallest absolute Gasteiger partial charge is 0.130 e. The van der Waals surface area contributed by atoms with Gasteiger partial charge in [-0.25, -0.2) is 0 Å². The van der Waals surface area contributed by atoms with Crippen LogP contribution in [0.25, 0.3) is 0 Å². The number of hydrogen-bond acceptors (Lipinski definition) is 4. The molecule has 4 nitrogen and oxygen atoms in total. The predicted molar refractivity (Wildman–Crippen MR) is 103 cm³/mol. The van der Waals surface area contributed by atoms with Crippen LogP contribution in [0.15, 0.2) is 29.6 Å². The Morgan fingerprint density at radius 2 is 1.62 bits per heavy atom. The molecular formula is C20H34N4. The molecule has 0 fully saturated rings. The van der Waals surface area contributed by atoms with Gasteiger partial charge in [-0.05, 0) is 18.6 Å². The van der Waals surface area contributed by atoms with Gasteiger partial charge < -0.3 is 4.90 Å². The van der Waals surface area contributed by atoms with Crippen molar-refractivity contribution in [2.75, 3.05) is 11.6 Å². The number of hydrogen-bond donors (Lipinski definition) is 1. The monoisotopic (exact) mass is 330 g/mol. The first-order valence-electron chi connectivity index (χ1n) is 9.89. The maximum atomic E-state index is 4.44. The predicted octanol–water partition coefficient (Wildman–Crippen LogP) is 5.46. The standard InChI is InChI=1S/C20H34N4/c1-2-3-4-5-6-7-8-9-10-11-12-15-20-23-22-18-24(20)19-14-13-16-21-17-19/h13-14,16-17,22H,2-12,15,18H2,1H3. The van der Waals surface area contributed by atoms with Crippen LogP contribution in [-0.2, 0) is 0 Å². The van der Waals surface area contributed by atoms with Crippen molar-refractivity contribution < 1.29 is 0 Å². The van der Waals surface area contributed by atoms with Crippen molar-refractivity contribution in [1.82, 2.24) is 10.4 Å². The number of pyridine rings is 1. The number of anilines is 1. The number of unbranched alkanes of at least 4 members (excludes halogenated alkanes) is 10. The molecule has 0 radical (unpaired) electrons. The van der Waals surface area contributed by atoms with E-state index in [0.29, 0.717) is 0 Å². The summed E-state index contributed by atoms with van der Waals surface area (Å²) in [5.41, 5.74) is 4.23. The van der Waals surface area contributed by atoms with E-state index in [9.17, 15) is 0 Å². The summed E-state index contributed by atoms with van der Waals surface area (Å²) in [6.45, 7) is 3.04. The fourth-order valence-corrected chi connectivity index (χ4v) is 3.24. The molecule has 1 aromatic heterocycles. The topological polar surface area (TPSA) is 40.5 Å². The zero-order chi connectivity index (χ0) is 16.9. The first-order chi connectivity index (χ1) is 11.9. The lowest BCUT2D eigenvalue weighted by atomic mass is 10.1. The normalized spacial score (nSPS) is 13.9. The summed E-state index contributed by atoms with van der Waals surface area (Å²) in [5, 5.41) is 4.44. The molecule has 0 saturated heterocycles. The van der Waals surface area contributed by atoms with E-state index in [0.717, 1.165) is 24.6 Å². The van der Waals surface area contributed by atoms with Gasteiger partial charge in [-0.15, -0.1) is 0 Å². The molecule has 4 heteroatoms. The Hall–Kier alpha value is -1.58. The van der Waals surface area contributed by atoms with Crippen LogP contribution in [0.4, 0.5) is 5.69 Å². The fraction of sp³-hybridized carbons (Fsp3) is 0.700. The van der Waals surface area contributed by atoms with Crippen LogP contribution in [0.2, 0.25) is 0 Å². The highest BCUT2D eigenvalue weighted by atomic mass is 15.5. The quantitative estimate of drug-likeness (QED) is 0.488. The van der Waals surface area contributed by atoms with Crippen LogP contribution in [0.1, 0.15) is 84.0 Å². The average Bonchev–Trinajstić information content (AvgIpc) is 3.09. The van der Waals surface area contributed by atoms with Crippen LogP contribution < -0.4 is 10.3 Å². The Morgan fingerprint density at radius 3 is 2.25 bits per heavy atom. The first-order valence-corrected chi connectivity index (χ1v) is 9.89. The van der Waals surface area contributed by atoms with Crippen molar-refractivity contribution in [2.24, 2.45) is 5.10 Å². The average molecular weight is 331 g/mol. The highest BCUT2D eigenvalue weighted by molar-refractivity contribution is 5.98. The number of nitrogens with one attached hydrogen (secondary N) is 1. The van der Waals surface area contributed by atoms with Crippen LogP contribution in [-0.4, -0.2) is 17.5 Å². The molecule has 0 aromatic carbocycles. The van der Waals surface area contributed by atoms with Crippen LogP contribution in [0.3, 0.4) is 0 Å². The second-order valence-electron chi connectivity index (χ2n) is 6.77. The summed E-state index contributed by atoms with van der Waals surface area (Å²) in [5.74, 6) is 1.15. The van der Waals surface area contributed by atoms with E-state index >= 15 is 0 Å². The summed E-state index contributed by atoms with van der Waals surface area (Å²) >= 11 is 0. The molecule has 1 aromatic rings. The summed E-state index contributed by atoms with van der Waals surface area (Å²) in [6, 6.07) is 4.07. The highest BCUT2D eigenvalue weighted by Crippen LogP contribution is 2.18. The van der Waals surface area contributed by atoms with Crippen molar-refractivity contribution in [3.8, 4) is 0 Å². The maximum absolute atomic E-state index is 4.44. The minimum absolute atomic E-state index is 0.763. The van der Waals surface area contributed by atoms with Crippen molar-refractivity contribution in [2.45, 2.75) is 84.0 Å². The zero-order valence-electron chi connectivity index (χ0n) is 15.3. The van der Waals surface area contributed by atoms with E-state index in [2.05, 4.69) is 33.4 Å². The van der Waals surface area contributed by atoms with Gasteiger partial charge in [0.2, 0.25) is 0 Å². The van der Waals surface area contributed by atoms with Crippen molar-refractivity contribution >= 4 is 11.5 Å². The molecule has 0 spiro atoms. The third kappa shape index (κ3) is 6.90. The molecule has 0 atom stereocenters. The van der Waals surface area contributed by atoms with E-state index in [-0.39, 0.29) is 0 Å².